The molecular formula is C14H14F3NO4. The molecule has 120 valence electrons. The van der Waals surface area contributed by atoms with Gasteiger partial charge in [0.15, 0.2) is 0 Å². The number of hydrogen-bond donors (Lipinski definition) is 2. The largest absolute Gasteiger partial charge is 0.481 e. The fourth-order valence-electron chi connectivity index (χ4n) is 2.66. The fourth-order valence-corrected chi connectivity index (χ4v) is 2.66. The molecule has 1 amide bonds. The van der Waals surface area contributed by atoms with Gasteiger partial charge in [0.05, 0.1) is 17.5 Å². The molecule has 1 aromatic carbocycles. The molecule has 22 heavy (non-hydrogen) atoms. The van der Waals surface area contributed by atoms with Crippen molar-refractivity contribution in [2.24, 2.45) is 5.92 Å². The molecule has 0 spiro atoms. The Labute approximate surface area is 124 Å². The van der Waals surface area contributed by atoms with E-state index in [-0.39, 0.29) is 24.9 Å². The normalized spacial score (nSPS) is 22.4. The minimum absolute atomic E-state index is 0.0206. The number of likely N-dealkylation sites (tertiary alicyclic amines) is 1. The van der Waals surface area contributed by atoms with Crippen LogP contribution in [0.1, 0.15) is 30.0 Å². The zero-order valence-corrected chi connectivity index (χ0v) is 11.4. The Hall–Kier alpha value is -2.25. The molecule has 1 saturated heterocycles. The van der Waals surface area contributed by atoms with Crippen LogP contribution in [0.3, 0.4) is 0 Å². The van der Waals surface area contributed by atoms with E-state index >= 15 is 0 Å². The Bertz CT molecular complexity index is 588. The lowest BCUT2D eigenvalue weighted by atomic mass is 9.87. The van der Waals surface area contributed by atoms with Crippen molar-refractivity contribution in [2.75, 3.05) is 6.54 Å². The molecule has 0 aromatic heterocycles. The van der Waals surface area contributed by atoms with E-state index in [2.05, 4.69) is 0 Å². The van der Waals surface area contributed by atoms with E-state index in [4.69, 9.17) is 5.11 Å². The number of carboxylic acids is 1. The summed E-state index contributed by atoms with van der Waals surface area (Å²) in [6, 6.07) is 3.47. The molecular weight excluding hydrogens is 303 g/mol. The summed E-state index contributed by atoms with van der Waals surface area (Å²) in [6.07, 6.45) is -5.70. The van der Waals surface area contributed by atoms with Crippen LogP contribution in [0.2, 0.25) is 0 Å². The summed E-state index contributed by atoms with van der Waals surface area (Å²) >= 11 is 0. The molecule has 0 radical (unpaired) electrons. The third-order valence-corrected chi connectivity index (χ3v) is 3.80. The Morgan fingerprint density at radius 2 is 1.91 bits per heavy atom. The van der Waals surface area contributed by atoms with Crippen molar-refractivity contribution in [3.63, 3.8) is 0 Å². The number of hydrogen-bond acceptors (Lipinski definition) is 2. The lowest BCUT2D eigenvalue weighted by Gasteiger charge is -2.36. The molecule has 2 rings (SSSR count). The molecule has 1 fully saturated rings. The predicted molar refractivity (Wildman–Crippen MR) is 69.3 cm³/mol. The van der Waals surface area contributed by atoms with Crippen molar-refractivity contribution in [2.45, 2.75) is 25.1 Å². The highest BCUT2D eigenvalue weighted by Gasteiger charge is 2.37. The maximum atomic E-state index is 12.8. The predicted octanol–water partition coefficient (Wildman–Crippen LogP) is 3.22. The van der Waals surface area contributed by atoms with Crippen molar-refractivity contribution in [3.8, 4) is 0 Å². The van der Waals surface area contributed by atoms with Crippen LogP contribution >= 0.6 is 0 Å². The lowest BCUT2D eigenvalue weighted by molar-refractivity contribution is -0.144. The number of amides is 1. The SMILES string of the molecule is O=C(O)C1CCN(C(=O)O)C(c2cccc(C(F)(F)F)c2)C1. The Morgan fingerprint density at radius 1 is 1.23 bits per heavy atom. The molecule has 0 saturated carbocycles. The number of alkyl halides is 3. The van der Waals surface area contributed by atoms with Gasteiger partial charge in [-0.3, -0.25) is 4.79 Å². The third kappa shape index (κ3) is 3.32. The number of piperidine rings is 1. The van der Waals surface area contributed by atoms with E-state index in [0.717, 1.165) is 17.0 Å². The second-order valence-corrected chi connectivity index (χ2v) is 5.17. The molecule has 2 atom stereocenters. The van der Waals surface area contributed by atoms with Crippen molar-refractivity contribution in [1.82, 2.24) is 4.90 Å². The van der Waals surface area contributed by atoms with Crippen molar-refractivity contribution in [1.29, 1.82) is 0 Å². The number of halogens is 3. The number of aliphatic carboxylic acids is 1. The van der Waals surface area contributed by atoms with Crippen LogP contribution in [-0.2, 0) is 11.0 Å². The van der Waals surface area contributed by atoms with E-state index in [1.165, 1.54) is 12.1 Å². The van der Waals surface area contributed by atoms with Gasteiger partial charge < -0.3 is 15.1 Å². The van der Waals surface area contributed by atoms with Gasteiger partial charge in [-0.1, -0.05) is 12.1 Å². The lowest BCUT2D eigenvalue weighted by Crippen LogP contribution is -2.42. The summed E-state index contributed by atoms with van der Waals surface area (Å²) in [5, 5.41) is 18.2. The average molecular weight is 317 g/mol. The van der Waals surface area contributed by atoms with Gasteiger partial charge in [0.1, 0.15) is 0 Å². The molecule has 2 N–H and O–H groups in total. The monoisotopic (exact) mass is 317 g/mol. The second-order valence-electron chi connectivity index (χ2n) is 5.17. The minimum atomic E-state index is -4.54. The first-order valence-corrected chi connectivity index (χ1v) is 6.59. The van der Waals surface area contributed by atoms with Crippen molar-refractivity contribution in [3.05, 3.63) is 35.4 Å². The van der Waals surface area contributed by atoms with E-state index < -0.39 is 35.8 Å². The highest BCUT2D eigenvalue weighted by Crippen LogP contribution is 2.37. The van der Waals surface area contributed by atoms with E-state index in [1.54, 1.807) is 0 Å². The number of rotatable bonds is 2. The molecule has 0 bridgehead atoms. The van der Waals surface area contributed by atoms with Gasteiger partial charge in [-0.25, -0.2) is 4.79 Å². The smallest absolute Gasteiger partial charge is 0.416 e. The molecule has 8 heteroatoms. The maximum absolute atomic E-state index is 12.8. The summed E-state index contributed by atoms with van der Waals surface area (Å²) in [5.41, 5.74) is -0.726. The number of nitrogens with zero attached hydrogens (tertiary/aromatic N) is 1. The zero-order chi connectivity index (χ0) is 16.5. The van der Waals surface area contributed by atoms with Crippen LogP contribution in [0.15, 0.2) is 24.3 Å². The molecule has 1 aromatic rings. The van der Waals surface area contributed by atoms with E-state index in [0.29, 0.717) is 0 Å². The van der Waals surface area contributed by atoms with Crippen LogP contribution < -0.4 is 0 Å². The highest BCUT2D eigenvalue weighted by atomic mass is 19.4. The van der Waals surface area contributed by atoms with Gasteiger partial charge in [0, 0.05) is 6.54 Å². The molecule has 1 heterocycles. The average Bonchev–Trinajstić information content (AvgIpc) is 2.45. The number of carboxylic acid groups (broad SMARTS) is 2. The van der Waals surface area contributed by atoms with E-state index in [1.807, 2.05) is 0 Å². The summed E-state index contributed by atoms with van der Waals surface area (Å²) in [4.78, 5) is 23.3. The van der Waals surface area contributed by atoms with Crippen LogP contribution in [0.25, 0.3) is 0 Å². The Balaban J connectivity index is 2.36. The van der Waals surface area contributed by atoms with Gasteiger partial charge in [-0.2, -0.15) is 13.2 Å². The number of carbonyl (C=O) groups is 2. The summed E-state index contributed by atoms with van der Waals surface area (Å²) in [7, 11) is 0. The molecule has 5 nitrogen and oxygen atoms in total. The first-order valence-electron chi connectivity index (χ1n) is 6.59. The highest BCUT2D eigenvalue weighted by molar-refractivity contribution is 5.71. The van der Waals surface area contributed by atoms with Crippen LogP contribution in [0.5, 0.6) is 0 Å². The quantitative estimate of drug-likeness (QED) is 0.878. The molecule has 0 aliphatic carbocycles. The first-order chi connectivity index (χ1) is 10.2. The van der Waals surface area contributed by atoms with Gasteiger partial charge in [-0.05, 0) is 30.5 Å². The van der Waals surface area contributed by atoms with Crippen molar-refractivity contribution >= 4 is 12.1 Å². The zero-order valence-electron chi connectivity index (χ0n) is 11.4. The van der Waals surface area contributed by atoms with Gasteiger partial charge in [0.2, 0.25) is 0 Å². The van der Waals surface area contributed by atoms with Gasteiger partial charge in [0.25, 0.3) is 0 Å². The van der Waals surface area contributed by atoms with Crippen LogP contribution in [-0.4, -0.2) is 33.7 Å². The summed E-state index contributed by atoms with van der Waals surface area (Å²) in [5.74, 6) is -1.84. The standard InChI is InChI=1S/C14H14F3NO4/c15-14(16,17)10-3-1-2-8(6-10)11-7-9(12(19)20)4-5-18(11)13(21)22/h1-3,6,9,11H,4-5,7H2,(H,19,20)(H,21,22). The first kappa shape index (κ1) is 16.1. The molecule has 2 unspecified atom stereocenters. The Kier molecular flexibility index (Phi) is 4.30. The third-order valence-electron chi connectivity index (χ3n) is 3.80. The van der Waals surface area contributed by atoms with Gasteiger partial charge >= 0.3 is 18.2 Å². The van der Waals surface area contributed by atoms with Crippen LogP contribution in [0.4, 0.5) is 18.0 Å². The number of benzene rings is 1. The minimum Gasteiger partial charge on any atom is -0.481 e. The molecule has 1 aliphatic heterocycles. The Morgan fingerprint density at radius 3 is 2.45 bits per heavy atom. The summed E-state index contributed by atoms with van der Waals surface area (Å²) in [6.45, 7) is -0.0206. The molecule has 1 aliphatic rings. The van der Waals surface area contributed by atoms with Gasteiger partial charge in [-0.15, -0.1) is 0 Å². The fraction of sp³-hybridized carbons (Fsp3) is 0.429. The van der Waals surface area contributed by atoms with Crippen LogP contribution in [0, 0.1) is 5.92 Å². The second kappa shape index (κ2) is 5.86. The van der Waals surface area contributed by atoms with Crippen molar-refractivity contribution < 1.29 is 33.0 Å². The topological polar surface area (TPSA) is 77.8 Å². The van der Waals surface area contributed by atoms with E-state index in [9.17, 15) is 27.9 Å². The summed E-state index contributed by atoms with van der Waals surface area (Å²) < 4.78 is 38.3. The maximum Gasteiger partial charge on any atom is 0.416 e.